The number of hydrogen-bond donors (Lipinski definition) is 4. The van der Waals surface area contributed by atoms with Crippen LogP contribution < -0.4 is 22.2 Å². The van der Waals surface area contributed by atoms with Gasteiger partial charge in [-0.05, 0) is 44.4 Å². The number of thioether (sulfide) groups is 1. The Labute approximate surface area is 254 Å². The Balaban J connectivity index is 0.000000158. The predicted molar refractivity (Wildman–Crippen MR) is 174 cm³/mol. The number of nitrogen functional groups attached to an aromatic ring is 1. The van der Waals surface area contributed by atoms with Crippen molar-refractivity contribution in [3.8, 4) is 22.5 Å². The molecule has 42 heavy (non-hydrogen) atoms. The summed E-state index contributed by atoms with van der Waals surface area (Å²) in [5, 5.41) is 9.91. The summed E-state index contributed by atoms with van der Waals surface area (Å²) in [7, 11) is 0. The van der Waals surface area contributed by atoms with Crippen molar-refractivity contribution in [3.63, 3.8) is 0 Å². The van der Waals surface area contributed by atoms with Crippen molar-refractivity contribution < 1.29 is 0 Å². The molecule has 0 saturated carbocycles. The molecule has 5 N–H and O–H groups in total. The van der Waals surface area contributed by atoms with Crippen LogP contribution in [0, 0.1) is 13.8 Å². The van der Waals surface area contributed by atoms with Gasteiger partial charge >= 0.3 is 0 Å². The predicted octanol–water partition coefficient (Wildman–Crippen LogP) is 6.14. The van der Waals surface area contributed by atoms with E-state index in [1.54, 1.807) is 22.7 Å². The number of nitrogens with two attached hydrogens (primary N) is 1. The van der Waals surface area contributed by atoms with E-state index in [0.717, 1.165) is 43.9 Å². The first-order valence-corrected chi connectivity index (χ1v) is 15.5. The molecule has 0 unspecified atom stereocenters. The van der Waals surface area contributed by atoms with E-state index in [1.165, 1.54) is 36.3 Å². The molecule has 0 amide bonds. The quantitative estimate of drug-likeness (QED) is 0.102. The molecular formula is C29H28N8O2S3. The zero-order valence-electron chi connectivity index (χ0n) is 23.0. The zero-order chi connectivity index (χ0) is 29.9. The average molecular weight is 617 g/mol. The molecule has 2 aromatic carbocycles. The van der Waals surface area contributed by atoms with Gasteiger partial charge in [0, 0.05) is 57.8 Å². The number of benzene rings is 2. The van der Waals surface area contributed by atoms with E-state index in [1.807, 2.05) is 79.4 Å². The molecule has 10 nitrogen and oxygen atoms in total. The first kappa shape index (κ1) is 30.4. The SMILES string of the molecule is CSc1nccc(=O)[nH]1.Cc1nc(-c2cccc(N)c2)cs1.Cc1nc(-c2cccc(Nc3nccc(=O)[nH]3)c2)cs1. The van der Waals surface area contributed by atoms with Crippen molar-refractivity contribution in [3.05, 3.63) is 115 Å². The third-order valence-corrected chi connectivity index (χ3v) is 7.50. The van der Waals surface area contributed by atoms with Gasteiger partial charge in [-0.3, -0.25) is 14.6 Å². The number of hydrogen-bond acceptors (Lipinski definition) is 11. The summed E-state index contributed by atoms with van der Waals surface area (Å²) >= 11 is 4.69. The highest BCUT2D eigenvalue weighted by Crippen LogP contribution is 2.25. The van der Waals surface area contributed by atoms with E-state index in [-0.39, 0.29) is 11.1 Å². The number of nitrogens with one attached hydrogen (secondary N) is 3. The van der Waals surface area contributed by atoms with Crippen LogP contribution in [0.3, 0.4) is 0 Å². The van der Waals surface area contributed by atoms with Crippen molar-refractivity contribution in [2.24, 2.45) is 0 Å². The summed E-state index contributed by atoms with van der Waals surface area (Å²) < 4.78 is 0. The molecule has 0 bridgehead atoms. The highest BCUT2D eigenvalue weighted by atomic mass is 32.2. The molecule has 4 aromatic heterocycles. The first-order chi connectivity index (χ1) is 20.3. The number of H-pyrrole nitrogens is 2. The van der Waals surface area contributed by atoms with Gasteiger partial charge < -0.3 is 16.0 Å². The van der Waals surface area contributed by atoms with Crippen LogP contribution in [0.4, 0.5) is 17.3 Å². The van der Waals surface area contributed by atoms with Crippen LogP contribution in [0.25, 0.3) is 22.5 Å². The van der Waals surface area contributed by atoms with Gasteiger partial charge in [0.1, 0.15) is 0 Å². The molecule has 0 atom stereocenters. The lowest BCUT2D eigenvalue weighted by molar-refractivity contribution is 0.940. The fourth-order valence-corrected chi connectivity index (χ4v) is 5.09. The van der Waals surface area contributed by atoms with Crippen molar-refractivity contribution >= 4 is 51.8 Å². The van der Waals surface area contributed by atoms with Crippen molar-refractivity contribution in [2.45, 2.75) is 19.0 Å². The Kier molecular flexibility index (Phi) is 10.8. The molecule has 0 fully saturated rings. The average Bonchev–Trinajstić information content (AvgIpc) is 3.62. The van der Waals surface area contributed by atoms with Crippen LogP contribution in [0.1, 0.15) is 10.0 Å². The Bertz CT molecular complexity index is 1860. The van der Waals surface area contributed by atoms with Crippen LogP contribution in [-0.4, -0.2) is 36.2 Å². The van der Waals surface area contributed by atoms with Crippen LogP contribution >= 0.6 is 34.4 Å². The number of aromatic amines is 2. The van der Waals surface area contributed by atoms with Gasteiger partial charge in [0.05, 0.1) is 21.4 Å². The standard InChI is InChI=1S/C14H12N4OS.C10H10N2S.C5H6N2OS/c1-9-16-12(8-20-9)10-3-2-4-11(7-10)17-14-15-6-5-13(19)18-14;1-7-12-10(6-13-7)8-3-2-4-9(11)5-8;1-9-5-6-3-2-4(8)7-5/h2-8H,1H3,(H2,15,17,18,19);2-6H,11H2,1H3;2-3H,1H3,(H,6,7,8). The van der Waals surface area contributed by atoms with Gasteiger partial charge in [-0.2, -0.15) is 0 Å². The van der Waals surface area contributed by atoms with Crippen LogP contribution in [0.5, 0.6) is 0 Å². The van der Waals surface area contributed by atoms with E-state index >= 15 is 0 Å². The molecule has 0 saturated heterocycles. The molecular weight excluding hydrogens is 589 g/mol. The fourth-order valence-electron chi connectivity index (χ4n) is 3.47. The molecule has 4 heterocycles. The molecule has 0 aliphatic heterocycles. The zero-order valence-corrected chi connectivity index (χ0v) is 25.4. The normalized spacial score (nSPS) is 10.2. The van der Waals surface area contributed by atoms with Crippen LogP contribution in [0.2, 0.25) is 0 Å². The second-order valence-electron chi connectivity index (χ2n) is 8.56. The Morgan fingerprint density at radius 2 is 1.38 bits per heavy atom. The molecule has 214 valence electrons. The van der Waals surface area contributed by atoms with Gasteiger partial charge in [-0.1, -0.05) is 36.0 Å². The third kappa shape index (κ3) is 9.23. The van der Waals surface area contributed by atoms with Gasteiger partial charge in [0.2, 0.25) is 5.95 Å². The summed E-state index contributed by atoms with van der Waals surface area (Å²) in [6, 6.07) is 18.4. The van der Waals surface area contributed by atoms with Gasteiger partial charge in [-0.15, -0.1) is 22.7 Å². The lowest BCUT2D eigenvalue weighted by atomic mass is 10.1. The molecule has 0 spiro atoms. The maximum atomic E-state index is 11.2. The minimum atomic E-state index is -0.186. The Hall–Kier alpha value is -4.59. The summed E-state index contributed by atoms with van der Waals surface area (Å²) in [5.41, 5.74) is 11.1. The van der Waals surface area contributed by atoms with Gasteiger partial charge in [-0.25, -0.2) is 19.9 Å². The fraction of sp³-hybridized carbons (Fsp3) is 0.103. The summed E-state index contributed by atoms with van der Waals surface area (Å²) in [6.45, 7) is 3.98. The van der Waals surface area contributed by atoms with E-state index in [0.29, 0.717) is 11.1 Å². The van der Waals surface area contributed by atoms with Crippen molar-refractivity contribution in [1.82, 2.24) is 29.9 Å². The second-order valence-corrected chi connectivity index (χ2v) is 11.5. The number of anilines is 3. The number of nitrogens with zero attached hydrogens (tertiary/aromatic N) is 4. The van der Waals surface area contributed by atoms with Gasteiger partial charge in [0.15, 0.2) is 5.16 Å². The molecule has 0 aliphatic rings. The van der Waals surface area contributed by atoms with E-state index < -0.39 is 0 Å². The number of thiazole rings is 2. The lowest BCUT2D eigenvalue weighted by Crippen LogP contribution is -2.08. The minimum Gasteiger partial charge on any atom is -0.399 e. The number of aromatic nitrogens is 6. The highest BCUT2D eigenvalue weighted by molar-refractivity contribution is 7.98. The van der Waals surface area contributed by atoms with Crippen LogP contribution in [0.15, 0.2) is 98.6 Å². The van der Waals surface area contributed by atoms with Gasteiger partial charge in [0.25, 0.3) is 11.1 Å². The van der Waals surface area contributed by atoms with E-state index in [2.05, 4.69) is 35.2 Å². The van der Waals surface area contributed by atoms with Crippen LogP contribution in [-0.2, 0) is 0 Å². The largest absolute Gasteiger partial charge is 0.399 e. The first-order valence-electron chi connectivity index (χ1n) is 12.5. The third-order valence-electron chi connectivity index (χ3n) is 5.35. The summed E-state index contributed by atoms with van der Waals surface area (Å²) in [5.74, 6) is 0.420. The summed E-state index contributed by atoms with van der Waals surface area (Å²) in [6.07, 6.45) is 4.82. The maximum absolute atomic E-state index is 11.2. The highest BCUT2D eigenvalue weighted by Gasteiger charge is 2.04. The molecule has 13 heteroatoms. The topological polar surface area (TPSA) is 155 Å². The molecule has 6 rings (SSSR count). The number of aryl methyl sites for hydroxylation is 2. The second kappa shape index (κ2) is 14.9. The molecule has 6 aromatic rings. The smallest absolute Gasteiger partial charge is 0.252 e. The Morgan fingerprint density at radius 3 is 1.90 bits per heavy atom. The monoisotopic (exact) mass is 616 g/mol. The molecule has 0 radical (unpaired) electrons. The molecule has 0 aliphatic carbocycles. The minimum absolute atomic E-state index is 0.102. The van der Waals surface area contributed by atoms with E-state index in [4.69, 9.17) is 5.73 Å². The Morgan fingerprint density at radius 1 is 0.786 bits per heavy atom. The lowest BCUT2D eigenvalue weighted by Gasteiger charge is -2.06. The van der Waals surface area contributed by atoms with Crippen molar-refractivity contribution in [2.75, 3.05) is 17.3 Å². The summed E-state index contributed by atoms with van der Waals surface area (Å²) in [4.78, 5) is 43.7. The van der Waals surface area contributed by atoms with Crippen molar-refractivity contribution in [1.29, 1.82) is 0 Å². The van der Waals surface area contributed by atoms with E-state index in [9.17, 15) is 9.59 Å². The maximum Gasteiger partial charge on any atom is 0.252 e. The number of rotatable bonds is 5.